The summed E-state index contributed by atoms with van der Waals surface area (Å²) in [6.45, 7) is 2.71. The number of aliphatic hydroxyl groups is 2. The molecule has 1 atom stereocenters. The van der Waals surface area contributed by atoms with E-state index >= 15 is 0 Å². The fourth-order valence-electron chi connectivity index (χ4n) is 3.72. The first-order chi connectivity index (χ1) is 15.2. The molecule has 0 aliphatic carbocycles. The maximum Gasteiger partial charge on any atom is 0.155 e. The molecule has 0 unspecified atom stereocenters. The number of hydrogen-bond acceptors (Lipinski definition) is 4. The van der Waals surface area contributed by atoms with Crippen molar-refractivity contribution < 1.29 is 19.7 Å². The second kappa shape index (κ2) is 25.5. The lowest BCUT2D eigenvalue weighted by atomic mass is 10.0. The Balaban J connectivity index is 3.23. The van der Waals surface area contributed by atoms with Crippen molar-refractivity contribution in [2.45, 2.75) is 135 Å². The first-order valence-corrected chi connectivity index (χ1v) is 13.3. The van der Waals surface area contributed by atoms with E-state index in [4.69, 9.17) is 14.9 Å². The molecule has 0 fully saturated rings. The Kier molecular flexibility index (Phi) is 25.0. The molecule has 0 aliphatic heterocycles. The van der Waals surface area contributed by atoms with E-state index in [9.17, 15) is 4.79 Å². The van der Waals surface area contributed by atoms with Gasteiger partial charge < -0.3 is 14.9 Å². The zero-order chi connectivity index (χ0) is 22.8. The van der Waals surface area contributed by atoms with Gasteiger partial charge in [-0.25, -0.2) is 0 Å². The molecule has 0 saturated carbocycles. The van der Waals surface area contributed by atoms with Crippen LogP contribution in [0.4, 0.5) is 0 Å². The monoisotopic (exact) mass is 440 g/mol. The molecule has 0 spiro atoms. The summed E-state index contributed by atoms with van der Waals surface area (Å²) in [6.07, 6.45) is 26.7. The number of rotatable bonds is 25. The summed E-state index contributed by atoms with van der Waals surface area (Å²) in [5.74, 6) is 0.224. The summed E-state index contributed by atoms with van der Waals surface area (Å²) in [6, 6.07) is 0. The first kappa shape index (κ1) is 30.3. The van der Waals surface area contributed by atoms with Crippen LogP contribution in [0.25, 0.3) is 0 Å². The molecule has 0 amide bonds. The number of ether oxygens (including phenoxy) is 1. The predicted molar refractivity (Wildman–Crippen MR) is 131 cm³/mol. The Labute approximate surface area is 192 Å². The largest absolute Gasteiger partial charge is 0.394 e. The summed E-state index contributed by atoms with van der Waals surface area (Å²) in [5, 5.41) is 17.8. The Morgan fingerprint density at radius 2 is 1.26 bits per heavy atom. The van der Waals surface area contributed by atoms with Crippen LogP contribution < -0.4 is 0 Å². The van der Waals surface area contributed by atoms with Gasteiger partial charge in [0.1, 0.15) is 6.10 Å². The molecule has 4 nitrogen and oxygen atoms in total. The van der Waals surface area contributed by atoms with Crippen molar-refractivity contribution in [2.75, 3.05) is 19.8 Å². The van der Waals surface area contributed by atoms with E-state index in [-0.39, 0.29) is 19.0 Å². The molecule has 0 aliphatic rings. The Morgan fingerprint density at radius 3 is 1.74 bits per heavy atom. The first-order valence-electron chi connectivity index (χ1n) is 13.3. The summed E-state index contributed by atoms with van der Waals surface area (Å²) < 4.78 is 5.23. The number of unbranched alkanes of at least 4 members (excludes halogenated alkanes) is 16. The number of allylic oxidation sites excluding steroid dienone is 2. The van der Waals surface area contributed by atoms with Crippen LogP contribution in [0.15, 0.2) is 12.2 Å². The molecular formula is C27H52O4. The van der Waals surface area contributed by atoms with Crippen LogP contribution in [0.5, 0.6) is 0 Å². The van der Waals surface area contributed by atoms with Crippen LogP contribution >= 0.6 is 0 Å². The van der Waals surface area contributed by atoms with Crippen molar-refractivity contribution in [3.8, 4) is 0 Å². The molecule has 0 aromatic rings. The molecular weight excluding hydrogens is 388 g/mol. The second-order valence-electron chi connectivity index (χ2n) is 8.98. The van der Waals surface area contributed by atoms with Gasteiger partial charge in [-0.2, -0.15) is 0 Å². The number of aliphatic hydroxyl groups excluding tert-OH is 2. The molecule has 0 aromatic heterocycles. The molecule has 0 radical (unpaired) electrons. The maximum absolute atomic E-state index is 11.8. The van der Waals surface area contributed by atoms with Gasteiger partial charge in [-0.05, 0) is 25.3 Å². The third kappa shape index (κ3) is 25.4. The van der Waals surface area contributed by atoms with Gasteiger partial charge in [0, 0.05) is 13.0 Å². The third-order valence-corrected chi connectivity index (χ3v) is 5.76. The summed E-state index contributed by atoms with van der Waals surface area (Å²) >= 11 is 0. The van der Waals surface area contributed by atoms with E-state index in [2.05, 4.69) is 6.92 Å². The molecule has 2 N–H and O–H groups in total. The standard InChI is InChI=1S/C27H52O4/c1-2-3-4-5-6-7-8-9-10-11-12-13-14-15-16-18-21-26(29)22-19-17-20-23-31-25-27(30)24-28/h19,22,27-28,30H,2-18,20-21,23-25H2,1H3/b22-19+/t27-/m1/s1. The second-order valence-corrected chi connectivity index (χ2v) is 8.98. The van der Waals surface area contributed by atoms with Crippen LogP contribution in [0, 0.1) is 0 Å². The van der Waals surface area contributed by atoms with Crippen molar-refractivity contribution in [2.24, 2.45) is 0 Å². The van der Waals surface area contributed by atoms with Gasteiger partial charge in [0.05, 0.1) is 13.2 Å². The van der Waals surface area contributed by atoms with Gasteiger partial charge in [-0.1, -0.05) is 109 Å². The molecule has 0 rings (SSSR count). The van der Waals surface area contributed by atoms with E-state index in [0.29, 0.717) is 13.0 Å². The Bertz CT molecular complexity index is 395. The molecule has 31 heavy (non-hydrogen) atoms. The highest BCUT2D eigenvalue weighted by atomic mass is 16.5. The highest BCUT2D eigenvalue weighted by Crippen LogP contribution is 2.14. The van der Waals surface area contributed by atoms with Crippen LogP contribution in [0.1, 0.15) is 129 Å². The number of hydrogen-bond donors (Lipinski definition) is 2. The van der Waals surface area contributed by atoms with Crippen molar-refractivity contribution in [3.05, 3.63) is 12.2 Å². The molecule has 0 aromatic carbocycles. The lowest BCUT2D eigenvalue weighted by Gasteiger charge is -2.06. The van der Waals surface area contributed by atoms with E-state index in [0.717, 1.165) is 19.3 Å². The van der Waals surface area contributed by atoms with E-state index in [1.54, 1.807) is 6.08 Å². The molecule has 0 heterocycles. The van der Waals surface area contributed by atoms with Gasteiger partial charge in [-0.15, -0.1) is 0 Å². The SMILES string of the molecule is CCCCCCCCCCCCCCCCCCC(=O)/C=C/CCCOC[C@H](O)CO. The average molecular weight is 441 g/mol. The van der Waals surface area contributed by atoms with Crippen molar-refractivity contribution >= 4 is 5.78 Å². The minimum absolute atomic E-state index is 0.165. The van der Waals surface area contributed by atoms with Crippen LogP contribution in [0.2, 0.25) is 0 Å². The highest BCUT2D eigenvalue weighted by molar-refractivity contribution is 5.89. The zero-order valence-corrected chi connectivity index (χ0v) is 20.5. The van der Waals surface area contributed by atoms with Crippen molar-refractivity contribution in [1.82, 2.24) is 0 Å². The fourth-order valence-corrected chi connectivity index (χ4v) is 3.72. The zero-order valence-electron chi connectivity index (χ0n) is 20.5. The molecule has 0 bridgehead atoms. The maximum atomic E-state index is 11.8. The Morgan fingerprint density at radius 1 is 0.774 bits per heavy atom. The van der Waals surface area contributed by atoms with Crippen LogP contribution in [0.3, 0.4) is 0 Å². The predicted octanol–water partition coefficient (Wildman–Crippen LogP) is 6.91. The van der Waals surface area contributed by atoms with Gasteiger partial charge >= 0.3 is 0 Å². The lowest BCUT2D eigenvalue weighted by molar-refractivity contribution is -0.114. The molecule has 184 valence electrons. The molecule has 4 heteroatoms. The van der Waals surface area contributed by atoms with E-state index < -0.39 is 6.10 Å². The van der Waals surface area contributed by atoms with Crippen LogP contribution in [-0.4, -0.2) is 41.9 Å². The quantitative estimate of drug-likeness (QED) is 0.119. The van der Waals surface area contributed by atoms with Gasteiger partial charge in [0.2, 0.25) is 0 Å². The van der Waals surface area contributed by atoms with Gasteiger partial charge in [-0.3, -0.25) is 4.79 Å². The summed E-state index contributed by atoms with van der Waals surface area (Å²) in [4.78, 5) is 11.8. The minimum atomic E-state index is -0.795. The topological polar surface area (TPSA) is 66.8 Å². The highest BCUT2D eigenvalue weighted by Gasteiger charge is 2.01. The smallest absolute Gasteiger partial charge is 0.155 e. The van der Waals surface area contributed by atoms with Crippen molar-refractivity contribution in [1.29, 1.82) is 0 Å². The lowest BCUT2D eigenvalue weighted by Crippen LogP contribution is -2.19. The summed E-state index contributed by atoms with van der Waals surface area (Å²) in [7, 11) is 0. The van der Waals surface area contributed by atoms with Crippen molar-refractivity contribution in [3.63, 3.8) is 0 Å². The Hall–Kier alpha value is -0.710. The van der Waals surface area contributed by atoms with Gasteiger partial charge in [0.15, 0.2) is 5.78 Å². The van der Waals surface area contributed by atoms with Gasteiger partial charge in [0.25, 0.3) is 0 Å². The number of ketones is 1. The average Bonchev–Trinajstić information content (AvgIpc) is 2.77. The normalized spacial score (nSPS) is 12.6. The summed E-state index contributed by atoms with van der Waals surface area (Å²) in [5.41, 5.74) is 0. The fraction of sp³-hybridized carbons (Fsp3) is 0.889. The number of carbonyl (C=O) groups is 1. The number of carbonyl (C=O) groups excluding carboxylic acids is 1. The van der Waals surface area contributed by atoms with E-state index in [1.165, 1.54) is 96.3 Å². The van der Waals surface area contributed by atoms with E-state index in [1.807, 2.05) is 6.08 Å². The minimum Gasteiger partial charge on any atom is -0.394 e. The molecule has 0 saturated heterocycles. The third-order valence-electron chi connectivity index (χ3n) is 5.76. The van der Waals surface area contributed by atoms with Crippen LogP contribution in [-0.2, 0) is 9.53 Å².